The zero-order valence-electron chi connectivity index (χ0n) is 7.99. The van der Waals surface area contributed by atoms with Crippen LogP contribution >= 0.6 is 27.3 Å². The average Bonchev–Trinajstić information content (AvgIpc) is 2.57. The third kappa shape index (κ3) is 1.89. The lowest BCUT2D eigenvalue weighted by Gasteiger charge is -1.97. The van der Waals surface area contributed by atoms with Crippen LogP contribution in [0.2, 0.25) is 0 Å². The minimum absolute atomic E-state index is 0.299. The largest absolute Gasteiger partial charge is 0.462 e. The first-order valence-electron chi connectivity index (χ1n) is 4.44. The number of fused-ring (bicyclic) bond motifs is 1. The molecule has 0 atom stereocenters. The number of hydrogen-bond acceptors (Lipinski definition) is 4. The Labute approximate surface area is 99.2 Å². The molecule has 2 rings (SSSR count). The van der Waals surface area contributed by atoms with E-state index in [4.69, 9.17) is 4.74 Å². The van der Waals surface area contributed by atoms with Crippen LogP contribution in [0.4, 0.5) is 0 Å². The third-order valence-electron chi connectivity index (χ3n) is 1.85. The van der Waals surface area contributed by atoms with Crippen molar-refractivity contribution < 1.29 is 9.53 Å². The number of thiophene rings is 1. The third-order valence-corrected chi connectivity index (χ3v) is 4.01. The standard InChI is InChI=1S/C10H8BrNO2S/c1-2-14-10(13)9-7(11)8-6(15-9)4-3-5-12-8/h3-5H,2H2,1H3. The molecule has 0 aliphatic heterocycles. The van der Waals surface area contributed by atoms with Crippen molar-refractivity contribution in [3.63, 3.8) is 0 Å². The van der Waals surface area contributed by atoms with E-state index >= 15 is 0 Å². The van der Waals surface area contributed by atoms with Crippen molar-refractivity contribution >= 4 is 43.5 Å². The van der Waals surface area contributed by atoms with E-state index in [9.17, 15) is 4.79 Å². The van der Waals surface area contributed by atoms with Crippen molar-refractivity contribution in [3.05, 3.63) is 27.7 Å². The van der Waals surface area contributed by atoms with E-state index in [1.807, 2.05) is 12.1 Å². The van der Waals surface area contributed by atoms with Gasteiger partial charge in [-0.05, 0) is 35.0 Å². The number of hydrogen-bond donors (Lipinski definition) is 0. The van der Waals surface area contributed by atoms with Crippen molar-refractivity contribution in [1.29, 1.82) is 0 Å². The number of carbonyl (C=O) groups is 1. The summed E-state index contributed by atoms with van der Waals surface area (Å²) in [5.41, 5.74) is 0.811. The number of carbonyl (C=O) groups excluding carboxylic acids is 1. The second kappa shape index (κ2) is 4.28. The maximum absolute atomic E-state index is 11.6. The molecule has 0 saturated heterocycles. The molecule has 0 saturated carbocycles. The molecule has 0 N–H and O–H groups in total. The van der Waals surface area contributed by atoms with Gasteiger partial charge >= 0.3 is 5.97 Å². The van der Waals surface area contributed by atoms with Crippen molar-refractivity contribution in [3.8, 4) is 0 Å². The maximum atomic E-state index is 11.6. The fraction of sp³-hybridized carbons (Fsp3) is 0.200. The van der Waals surface area contributed by atoms with Gasteiger partial charge in [0.1, 0.15) is 4.88 Å². The molecule has 0 bridgehead atoms. The van der Waals surface area contributed by atoms with Crippen molar-refractivity contribution in [2.45, 2.75) is 6.92 Å². The highest BCUT2D eigenvalue weighted by atomic mass is 79.9. The second-order valence-electron chi connectivity index (χ2n) is 2.82. The molecule has 0 amide bonds. The summed E-state index contributed by atoms with van der Waals surface area (Å²) >= 11 is 4.76. The van der Waals surface area contributed by atoms with E-state index in [2.05, 4.69) is 20.9 Å². The van der Waals surface area contributed by atoms with Gasteiger partial charge in [-0.2, -0.15) is 0 Å². The summed E-state index contributed by atoms with van der Waals surface area (Å²) in [6.45, 7) is 2.17. The van der Waals surface area contributed by atoms with Crippen LogP contribution in [0.5, 0.6) is 0 Å². The Morgan fingerprint density at radius 2 is 2.47 bits per heavy atom. The first-order chi connectivity index (χ1) is 7.24. The van der Waals surface area contributed by atoms with Gasteiger partial charge in [0.25, 0.3) is 0 Å². The SMILES string of the molecule is CCOC(=O)c1sc2cccnc2c1Br. The molecule has 0 radical (unpaired) electrons. The molecular formula is C10H8BrNO2S. The Morgan fingerprint density at radius 3 is 3.13 bits per heavy atom. The summed E-state index contributed by atoms with van der Waals surface area (Å²) in [6, 6.07) is 3.78. The van der Waals surface area contributed by atoms with E-state index in [-0.39, 0.29) is 5.97 Å². The van der Waals surface area contributed by atoms with Crippen molar-refractivity contribution in [2.24, 2.45) is 0 Å². The van der Waals surface area contributed by atoms with Gasteiger partial charge in [-0.15, -0.1) is 11.3 Å². The number of ether oxygens (including phenoxy) is 1. The first kappa shape index (κ1) is 10.6. The van der Waals surface area contributed by atoms with Crippen LogP contribution in [0, 0.1) is 0 Å². The zero-order valence-corrected chi connectivity index (χ0v) is 10.4. The summed E-state index contributed by atoms with van der Waals surface area (Å²) in [4.78, 5) is 16.3. The molecule has 2 aromatic heterocycles. The van der Waals surface area contributed by atoms with Crippen LogP contribution in [0.3, 0.4) is 0 Å². The summed E-state index contributed by atoms with van der Waals surface area (Å²) in [7, 11) is 0. The quantitative estimate of drug-likeness (QED) is 0.796. The Balaban J connectivity index is 2.53. The number of pyridine rings is 1. The van der Waals surface area contributed by atoms with E-state index in [0.29, 0.717) is 11.5 Å². The topological polar surface area (TPSA) is 39.2 Å². The molecule has 0 aliphatic carbocycles. The Kier molecular flexibility index (Phi) is 3.02. The molecule has 0 spiro atoms. The summed E-state index contributed by atoms with van der Waals surface area (Å²) < 4.78 is 6.65. The monoisotopic (exact) mass is 285 g/mol. The van der Waals surface area contributed by atoms with Crippen LogP contribution in [-0.4, -0.2) is 17.6 Å². The smallest absolute Gasteiger partial charge is 0.349 e. The second-order valence-corrected chi connectivity index (χ2v) is 4.66. The molecule has 3 nitrogen and oxygen atoms in total. The van der Waals surface area contributed by atoms with Gasteiger partial charge in [0.2, 0.25) is 0 Å². The molecule has 0 aliphatic rings. The maximum Gasteiger partial charge on any atom is 0.349 e. The highest BCUT2D eigenvalue weighted by Gasteiger charge is 2.17. The van der Waals surface area contributed by atoms with Crippen LogP contribution in [0.1, 0.15) is 16.6 Å². The molecule has 15 heavy (non-hydrogen) atoms. The number of nitrogens with zero attached hydrogens (tertiary/aromatic N) is 1. The number of rotatable bonds is 2. The van der Waals surface area contributed by atoms with E-state index in [0.717, 1.165) is 14.7 Å². The highest BCUT2D eigenvalue weighted by Crippen LogP contribution is 2.34. The van der Waals surface area contributed by atoms with Gasteiger partial charge in [0.15, 0.2) is 0 Å². The fourth-order valence-corrected chi connectivity index (χ4v) is 3.03. The lowest BCUT2D eigenvalue weighted by Crippen LogP contribution is -2.02. The summed E-state index contributed by atoms with van der Waals surface area (Å²) in [6.07, 6.45) is 1.70. The van der Waals surface area contributed by atoms with Crippen molar-refractivity contribution in [1.82, 2.24) is 4.98 Å². The van der Waals surface area contributed by atoms with Crippen LogP contribution < -0.4 is 0 Å². The van der Waals surface area contributed by atoms with Gasteiger partial charge in [0, 0.05) is 6.20 Å². The summed E-state index contributed by atoms with van der Waals surface area (Å²) in [5, 5.41) is 0. The van der Waals surface area contributed by atoms with E-state index in [1.54, 1.807) is 13.1 Å². The van der Waals surface area contributed by atoms with Gasteiger partial charge in [-0.1, -0.05) is 0 Å². The lowest BCUT2D eigenvalue weighted by molar-refractivity contribution is 0.0531. The Hall–Kier alpha value is -0.940. The molecular weight excluding hydrogens is 278 g/mol. The number of aromatic nitrogens is 1. The van der Waals surface area contributed by atoms with Gasteiger partial charge in [-0.3, -0.25) is 4.98 Å². The van der Waals surface area contributed by atoms with Gasteiger partial charge in [0.05, 0.1) is 21.3 Å². The van der Waals surface area contributed by atoms with Crippen LogP contribution in [0.15, 0.2) is 22.8 Å². The molecule has 78 valence electrons. The van der Waals surface area contributed by atoms with Gasteiger partial charge in [-0.25, -0.2) is 4.79 Å². The van der Waals surface area contributed by atoms with E-state index < -0.39 is 0 Å². The molecule has 0 fully saturated rings. The van der Waals surface area contributed by atoms with Crippen LogP contribution in [-0.2, 0) is 4.74 Å². The number of esters is 1. The Bertz CT molecular complexity index is 509. The van der Waals surface area contributed by atoms with Gasteiger partial charge < -0.3 is 4.74 Å². The Morgan fingerprint density at radius 1 is 1.67 bits per heavy atom. The predicted molar refractivity (Wildman–Crippen MR) is 63.3 cm³/mol. The normalized spacial score (nSPS) is 10.5. The highest BCUT2D eigenvalue weighted by molar-refractivity contribution is 9.10. The predicted octanol–water partition coefficient (Wildman–Crippen LogP) is 3.24. The average molecular weight is 286 g/mol. The number of halogens is 1. The minimum atomic E-state index is -0.299. The summed E-state index contributed by atoms with van der Waals surface area (Å²) in [5.74, 6) is -0.299. The molecule has 0 unspecified atom stereocenters. The van der Waals surface area contributed by atoms with Crippen molar-refractivity contribution in [2.75, 3.05) is 6.61 Å². The molecule has 5 heteroatoms. The fourth-order valence-electron chi connectivity index (χ4n) is 1.23. The lowest BCUT2D eigenvalue weighted by atomic mass is 10.4. The molecule has 2 heterocycles. The molecule has 2 aromatic rings. The van der Waals surface area contributed by atoms with E-state index in [1.165, 1.54) is 11.3 Å². The first-order valence-corrected chi connectivity index (χ1v) is 6.05. The molecule has 0 aromatic carbocycles. The minimum Gasteiger partial charge on any atom is -0.462 e. The van der Waals surface area contributed by atoms with Crippen LogP contribution in [0.25, 0.3) is 10.2 Å². The zero-order chi connectivity index (χ0) is 10.8.